The fourth-order valence-electron chi connectivity index (χ4n) is 3.57. The largest absolute Gasteiger partial charge is 0.326 e. The molecule has 1 aromatic rings. The summed E-state index contributed by atoms with van der Waals surface area (Å²) in [5.74, 6) is 0.262. The van der Waals surface area contributed by atoms with Crippen LogP contribution in [0.1, 0.15) is 44.1 Å². The van der Waals surface area contributed by atoms with E-state index in [9.17, 15) is 4.79 Å². The van der Waals surface area contributed by atoms with Crippen LogP contribution in [-0.4, -0.2) is 37.0 Å². The van der Waals surface area contributed by atoms with E-state index in [1.807, 2.05) is 12.1 Å². The molecule has 1 aromatic carbocycles. The van der Waals surface area contributed by atoms with E-state index in [0.717, 1.165) is 38.2 Å². The molecule has 2 heterocycles. The van der Waals surface area contributed by atoms with Crippen LogP contribution in [0.25, 0.3) is 0 Å². The number of nitrogens with one attached hydrogen (secondary N) is 2. The minimum Gasteiger partial charge on any atom is -0.326 e. The highest BCUT2D eigenvalue weighted by Gasteiger charge is 2.20. The van der Waals surface area contributed by atoms with E-state index in [1.54, 1.807) is 0 Å². The second-order valence-electron chi connectivity index (χ2n) is 6.92. The van der Waals surface area contributed by atoms with Crippen LogP contribution in [0, 0.1) is 5.92 Å². The third-order valence-electron chi connectivity index (χ3n) is 4.99. The van der Waals surface area contributed by atoms with Gasteiger partial charge >= 0.3 is 0 Å². The molecular formula is C19H29N3O. The van der Waals surface area contributed by atoms with Crippen molar-refractivity contribution >= 4 is 11.6 Å². The van der Waals surface area contributed by atoms with Gasteiger partial charge in [0, 0.05) is 18.8 Å². The highest BCUT2D eigenvalue weighted by Crippen LogP contribution is 2.17. The Morgan fingerprint density at radius 2 is 1.83 bits per heavy atom. The number of hydrogen-bond donors (Lipinski definition) is 2. The van der Waals surface area contributed by atoms with Crippen molar-refractivity contribution in [2.24, 2.45) is 5.92 Å². The summed E-state index contributed by atoms with van der Waals surface area (Å²) >= 11 is 0. The average molecular weight is 315 g/mol. The first-order chi connectivity index (χ1) is 11.3. The number of likely N-dealkylation sites (tertiary alicyclic amines) is 1. The van der Waals surface area contributed by atoms with Gasteiger partial charge in [-0.1, -0.05) is 25.0 Å². The van der Waals surface area contributed by atoms with Crippen LogP contribution >= 0.6 is 0 Å². The first-order valence-electron chi connectivity index (χ1n) is 9.14. The van der Waals surface area contributed by atoms with E-state index in [1.165, 1.54) is 44.3 Å². The summed E-state index contributed by atoms with van der Waals surface area (Å²) in [6.45, 7) is 5.30. The Hall–Kier alpha value is -1.39. The highest BCUT2D eigenvalue weighted by atomic mass is 16.1. The lowest BCUT2D eigenvalue weighted by Gasteiger charge is -2.22. The zero-order valence-corrected chi connectivity index (χ0v) is 14.0. The molecule has 23 heavy (non-hydrogen) atoms. The summed E-state index contributed by atoms with van der Waals surface area (Å²) in [5, 5.41) is 6.35. The second-order valence-corrected chi connectivity index (χ2v) is 6.92. The number of carbonyl (C=O) groups excluding carboxylic acids is 1. The quantitative estimate of drug-likeness (QED) is 0.898. The van der Waals surface area contributed by atoms with Gasteiger partial charge in [-0.3, -0.25) is 9.69 Å². The Kier molecular flexibility index (Phi) is 6.06. The van der Waals surface area contributed by atoms with Gasteiger partial charge < -0.3 is 10.6 Å². The molecule has 0 bridgehead atoms. The van der Waals surface area contributed by atoms with E-state index in [4.69, 9.17) is 0 Å². The molecule has 2 saturated heterocycles. The zero-order valence-electron chi connectivity index (χ0n) is 14.0. The molecule has 0 aromatic heterocycles. The van der Waals surface area contributed by atoms with Crippen LogP contribution in [0.3, 0.4) is 0 Å². The normalized spacial score (nSPS) is 23.2. The molecule has 0 spiro atoms. The standard InChI is InChI=1S/C19H29N3O/c23-19(17-6-5-11-20-14-17)21-18-9-7-16(8-10-18)15-22-12-3-1-2-4-13-22/h7-10,17,20H,1-6,11-15H2,(H,21,23). The number of benzene rings is 1. The Balaban J connectivity index is 1.51. The average Bonchev–Trinajstić information content (AvgIpc) is 2.86. The van der Waals surface area contributed by atoms with Gasteiger partial charge in [0.15, 0.2) is 0 Å². The first kappa shape index (κ1) is 16.5. The molecule has 2 aliphatic rings. The van der Waals surface area contributed by atoms with E-state index in [2.05, 4.69) is 27.7 Å². The minimum absolute atomic E-state index is 0.112. The molecule has 2 N–H and O–H groups in total. The number of piperidine rings is 1. The summed E-state index contributed by atoms with van der Waals surface area (Å²) in [7, 11) is 0. The van der Waals surface area contributed by atoms with Gasteiger partial charge in [-0.25, -0.2) is 0 Å². The lowest BCUT2D eigenvalue weighted by molar-refractivity contribution is -0.120. The lowest BCUT2D eigenvalue weighted by atomic mass is 9.99. The molecule has 0 aliphatic carbocycles. The summed E-state index contributed by atoms with van der Waals surface area (Å²) in [5.41, 5.74) is 2.25. The maximum absolute atomic E-state index is 12.2. The molecule has 1 atom stereocenters. The molecule has 2 fully saturated rings. The Morgan fingerprint density at radius 1 is 1.09 bits per heavy atom. The van der Waals surface area contributed by atoms with Gasteiger partial charge in [-0.05, 0) is 63.0 Å². The van der Waals surface area contributed by atoms with Crippen molar-refractivity contribution in [2.75, 3.05) is 31.5 Å². The van der Waals surface area contributed by atoms with Gasteiger partial charge in [0.25, 0.3) is 0 Å². The molecule has 3 rings (SSSR count). The van der Waals surface area contributed by atoms with E-state index in [0.29, 0.717) is 0 Å². The molecule has 126 valence electrons. The van der Waals surface area contributed by atoms with E-state index < -0.39 is 0 Å². The number of anilines is 1. The maximum atomic E-state index is 12.2. The number of carbonyl (C=O) groups is 1. The molecule has 0 saturated carbocycles. The molecule has 0 radical (unpaired) electrons. The second kappa shape index (κ2) is 8.46. The predicted octanol–water partition coefficient (Wildman–Crippen LogP) is 3.00. The smallest absolute Gasteiger partial charge is 0.228 e. The zero-order chi connectivity index (χ0) is 15.9. The number of nitrogens with zero attached hydrogens (tertiary/aromatic N) is 1. The number of rotatable bonds is 4. The van der Waals surface area contributed by atoms with Crippen molar-refractivity contribution in [1.29, 1.82) is 0 Å². The van der Waals surface area contributed by atoms with Gasteiger partial charge in [0.2, 0.25) is 5.91 Å². The van der Waals surface area contributed by atoms with Gasteiger partial charge in [0.1, 0.15) is 0 Å². The fraction of sp³-hybridized carbons (Fsp3) is 0.632. The predicted molar refractivity (Wildman–Crippen MR) is 94.4 cm³/mol. The first-order valence-corrected chi connectivity index (χ1v) is 9.14. The lowest BCUT2D eigenvalue weighted by Crippen LogP contribution is -2.37. The van der Waals surface area contributed by atoms with Crippen molar-refractivity contribution in [3.8, 4) is 0 Å². The summed E-state index contributed by atoms with van der Waals surface area (Å²) < 4.78 is 0. The van der Waals surface area contributed by atoms with Crippen molar-refractivity contribution in [3.63, 3.8) is 0 Å². The Labute approximate surface area is 139 Å². The number of hydrogen-bond acceptors (Lipinski definition) is 3. The SMILES string of the molecule is O=C(Nc1ccc(CN2CCCCCC2)cc1)C1CCCNC1. The monoisotopic (exact) mass is 315 g/mol. The summed E-state index contributed by atoms with van der Waals surface area (Å²) in [6, 6.07) is 8.39. The third kappa shape index (κ3) is 5.05. The van der Waals surface area contributed by atoms with Crippen molar-refractivity contribution in [3.05, 3.63) is 29.8 Å². The van der Waals surface area contributed by atoms with Crippen molar-refractivity contribution in [2.45, 2.75) is 45.1 Å². The topological polar surface area (TPSA) is 44.4 Å². The van der Waals surface area contributed by atoms with Crippen LogP contribution in [0.4, 0.5) is 5.69 Å². The molecular weight excluding hydrogens is 286 g/mol. The van der Waals surface area contributed by atoms with Crippen LogP contribution in [0.5, 0.6) is 0 Å². The molecule has 1 unspecified atom stereocenters. The van der Waals surface area contributed by atoms with Crippen LogP contribution in [-0.2, 0) is 11.3 Å². The van der Waals surface area contributed by atoms with Crippen LogP contribution in [0.15, 0.2) is 24.3 Å². The van der Waals surface area contributed by atoms with Crippen LogP contribution < -0.4 is 10.6 Å². The van der Waals surface area contributed by atoms with Gasteiger partial charge in [0.05, 0.1) is 5.92 Å². The Morgan fingerprint density at radius 3 is 2.48 bits per heavy atom. The van der Waals surface area contributed by atoms with E-state index >= 15 is 0 Å². The van der Waals surface area contributed by atoms with Gasteiger partial charge in [-0.2, -0.15) is 0 Å². The van der Waals surface area contributed by atoms with Crippen molar-refractivity contribution < 1.29 is 4.79 Å². The summed E-state index contributed by atoms with van der Waals surface area (Å²) in [4.78, 5) is 14.8. The molecule has 4 heteroatoms. The highest BCUT2D eigenvalue weighted by molar-refractivity contribution is 5.92. The van der Waals surface area contributed by atoms with Crippen LogP contribution in [0.2, 0.25) is 0 Å². The third-order valence-corrected chi connectivity index (χ3v) is 4.99. The molecule has 1 amide bonds. The maximum Gasteiger partial charge on any atom is 0.228 e. The molecule has 4 nitrogen and oxygen atoms in total. The summed E-state index contributed by atoms with van der Waals surface area (Å²) in [6.07, 6.45) is 7.47. The van der Waals surface area contributed by atoms with Crippen molar-refractivity contribution in [1.82, 2.24) is 10.2 Å². The Bertz CT molecular complexity index is 486. The molecule has 2 aliphatic heterocycles. The minimum atomic E-state index is 0.112. The van der Waals surface area contributed by atoms with E-state index in [-0.39, 0.29) is 11.8 Å². The number of amides is 1. The fourth-order valence-corrected chi connectivity index (χ4v) is 3.57. The van der Waals surface area contributed by atoms with Gasteiger partial charge in [-0.15, -0.1) is 0 Å².